The van der Waals surface area contributed by atoms with Crippen LogP contribution in [0.25, 0.3) is 0 Å². The molecule has 1 saturated heterocycles. The Balaban J connectivity index is 1.49. The van der Waals surface area contributed by atoms with Crippen molar-refractivity contribution in [2.45, 2.75) is 19.0 Å². The summed E-state index contributed by atoms with van der Waals surface area (Å²) in [4.78, 5) is 26.1. The number of anilines is 1. The molecule has 0 spiro atoms. The number of carbonyl (C=O) groups is 2. The lowest BCUT2D eigenvalue weighted by Crippen LogP contribution is -2.44. The number of rotatable bonds is 4. The number of nitrogens with zero attached hydrogens (tertiary/aromatic N) is 1. The van der Waals surface area contributed by atoms with Gasteiger partial charge in [-0.3, -0.25) is 20.4 Å². The van der Waals surface area contributed by atoms with Crippen LogP contribution in [0.5, 0.6) is 0 Å². The van der Waals surface area contributed by atoms with Gasteiger partial charge in [0, 0.05) is 19.0 Å². The van der Waals surface area contributed by atoms with E-state index in [4.69, 9.17) is 4.42 Å². The van der Waals surface area contributed by atoms with E-state index in [1.807, 2.05) is 0 Å². The monoisotopic (exact) mass is 381 g/mol. The van der Waals surface area contributed by atoms with Crippen molar-refractivity contribution in [1.29, 1.82) is 0 Å². The van der Waals surface area contributed by atoms with Gasteiger partial charge in [-0.2, -0.15) is 13.2 Å². The minimum atomic E-state index is -4.45. The van der Waals surface area contributed by atoms with E-state index in [0.29, 0.717) is 31.5 Å². The van der Waals surface area contributed by atoms with Crippen molar-refractivity contribution >= 4 is 17.5 Å². The van der Waals surface area contributed by atoms with Crippen LogP contribution in [-0.4, -0.2) is 29.8 Å². The number of likely N-dealkylation sites (tertiary alicyclic amines) is 1. The van der Waals surface area contributed by atoms with E-state index in [1.165, 1.54) is 24.7 Å². The summed E-state index contributed by atoms with van der Waals surface area (Å²) in [5.74, 6) is -0.788. The molecule has 1 aromatic heterocycles. The van der Waals surface area contributed by atoms with E-state index < -0.39 is 11.7 Å². The van der Waals surface area contributed by atoms with Crippen molar-refractivity contribution in [1.82, 2.24) is 10.3 Å². The number of carbonyl (C=O) groups excluding carboxylic acids is 2. The first kappa shape index (κ1) is 18.8. The average molecular weight is 381 g/mol. The zero-order valence-corrected chi connectivity index (χ0v) is 14.3. The Kier molecular flexibility index (Phi) is 5.38. The molecule has 0 saturated carbocycles. The molecule has 2 amide bonds. The topological polar surface area (TPSA) is 74.6 Å². The summed E-state index contributed by atoms with van der Waals surface area (Å²) in [6.45, 7) is 0.845. The van der Waals surface area contributed by atoms with E-state index in [1.54, 1.807) is 11.0 Å². The fraction of sp³-hybridized carbons (Fsp3) is 0.333. The maximum atomic E-state index is 12.7. The highest BCUT2D eigenvalue weighted by atomic mass is 19.4. The van der Waals surface area contributed by atoms with Crippen molar-refractivity contribution in [3.63, 3.8) is 0 Å². The molecule has 0 aliphatic carbocycles. The third-order valence-corrected chi connectivity index (χ3v) is 4.44. The Morgan fingerprint density at radius 1 is 1.15 bits per heavy atom. The third-order valence-electron chi connectivity index (χ3n) is 4.44. The average Bonchev–Trinajstić information content (AvgIpc) is 3.20. The summed E-state index contributed by atoms with van der Waals surface area (Å²) in [5.41, 5.74) is 4.77. The second kappa shape index (κ2) is 7.73. The SMILES string of the molecule is O=C(NNc1cccc(C(F)(F)F)c1)C1CCN(C(=O)c2ccoc2)CC1. The molecule has 1 aliphatic heterocycles. The Labute approximate surface area is 153 Å². The van der Waals surface area contributed by atoms with E-state index in [2.05, 4.69) is 10.9 Å². The molecule has 2 heterocycles. The van der Waals surface area contributed by atoms with Crippen LogP contribution in [-0.2, 0) is 11.0 Å². The van der Waals surface area contributed by atoms with E-state index >= 15 is 0 Å². The van der Waals surface area contributed by atoms with Gasteiger partial charge >= 0.3 is 6.18 Å². The largest absolute Gasteiger partial charge is 0.472 e. The van der Waals surface area contributed by atoms with Gasteiger partial charge in [0.15, 0.2) is 0 Å². The van der Waals surface area contributed by atoms with Gasteiger partial charge in [0.25, 0.3) is 5.91 Å². The Morgan fingerprint density at radius 2 is 1.89 bits per heavy atom. The molecule has 6 nitrogen and oxygen atoms in total. The zero-order chi connectivity index (χ0) is 19.4. The normalized spacial score (nSPS) is 15.4. The minimum absolute atomic E-state index is 0.144. The number of hydrazine groups is 1. The summed E-state index contributed by atoms with van der Waals surface area (Å²) in [5, 5.41) is 0. The van der Waals surface area contributed by atoms with Gasteiger partial charge in [-0.15, -0.1) is 0 Å². The van der Waals surface area contributed by atoms with Crippen molar-refractivity contribution in [3.8, 4) is 0 Å². The summed E-state index contributed by atoms with van der Waals surface area (Å²) >= 11 is 0. The molecular weight excluding hydrogens is 363 g/mol. The molecule has 2 aromatic rings. The zero-order valence-electron chi connectivity index (χ0n) is 14.3. The van der Waals surface area contributed by atoms with Crippen LogP contribution in [0.2, 0.25) is 0 Å². The molecule has 1 aromatic carbocycles. The number of hydrogen-bond donors (Lipinski definition) is 2. The third kappa shape index (κ3) is 4.60. The number of halogens is 3. The highest BCUT2D eigenvalue weighted by Gasteiger charge is 2.31. The highest BCUT2D eigenvalue weighted by Crippen LogP contribution is 2.30. The standard InChI is InChI=1S/C18H18F3N3O3/c19-18(20,21)14-2-1-3-15(10-14)22-23-16(25)12-4-7-24(8-5-12)17(26)13-6-9-27-11-13/h1-3,6,9-12,22H,4-5,7-8H2,(H,23,25). The molecule has 1 aliphatic rings. The summed E-state index contributed by atoms with van der Waals surface area (Å²) in [6.07, 6.45) is -0.706. The van der Waals surface area contributed by atoms with E-state index in [0.717, 1.165) is 12.1 Å². The first-order chi connectivity index (χ1) is 12.8. The molecule has 144 valence electrons. The van der Waals surface area contributed by atoms with Crippen LogP contribution in [0.4, 0.5) is 18.9 Å². The number of piperidine rings is 1. The fourth-order valence-electron chi connectivity index (χ4n) is 2.92. The van der Waals surface area contributed by atoms with Gasteiger partial charge in [0.1, 0.15) is 6.26 Å². The molecule has 27 heavy (non-hydrogen) atoms. The molecule has 9 heteroatoms. The van der Waals surface area contributed by atoms with E-state index in [9.17, 15) is 22.8 Å². The number of furan rings is 1. The van der Waals surface area contributed by atoms with Gasteiger partial charge in [-0.05, 0) is 37.1 Å². The Hall–Kier alpha value is -2.97. The minimum Gasteiger partial charge on any atom is -0.472 e. The Morgan fingerprint density at radius 3 is 2.52 bits per heavy atom. The smallest absolute Gasteiger partial charge is 0.416 e. The number of hydrogen-bond acceptors (Lipinski definition) is 4. The number of benzene rings is 1. The molecule has 0 radical (unpaired) electrons. The first-order valence-corrected chi connectivity index (χ1v) is 8.39. The van der Waals surface area contributed by atoms with Crippen LogP contribution >= 0.6 is 0 Å². The molecule has 0 bridgehead atoms. The van der Waals surface area contributed by atoms with Gasteiger partial charge in [-0.1, -0.05) is 6.07 Å². The maximum Gasteiger partial charge on any atom is 0.416 e. The van der Waals surface area contributed by atoms with Gasteiger partial charge < -0.3 is 9.32 Å². The maximum absolute atomic E-state index is 12.7. The van der Waals surface area contributed by atoms with Gasteiger partial charge in [0.05, 0.1) is 23.1 Å². The van der Waals surface area contributed by atoms with Crippen molar-refractivity contribution in [2.75, 3.05) is 18.5 Å². The van der Waals surface area contributed by atoms with Crippen LogP contribution in [0.15, 0.2) is 47.3 Å². The highest BCUT2D eigenvalue weighted by molar-refractivity contribution is 5.94. The summed E-state index contributed by atoms with van der Waals surface area (Å²) in [6, 6.07) is 6.16. The Bertz CT molecular complexity index is 798. The second-order valence-corrected chi connectivity index (χ2v) is 6.27. The number of amides is 2. The lowest BCUT2D eigenvalue weighted by atomic mass is 9.96. The molecule has 2 N–H and O–H groups in total. The predicted molar refractivity (Wildman–Crippen MR) is 90.5 cm³/mol. The lowest BCUT2D eigenvalue weighted by Gasteiger charge is -2.31. The van der Waals surface area contributed by atoms with Crippen LogP contribution < -0.4 is 10.9 Å². The van der Waals surface area contributed by atoms with Crippen LogP contribution in [0, 0.1) is 5.92 Å². The number of nitrogens with one attached hydrogen (secondary N) is 2. The quantitative estimate of drug-likeness (QED) is 0.797. The van der Waals surface area contributed by atoms with Crippen molar-refractivity contribution < 1.29 is 27.2 Å². The molecule has 0 unspecified atom stereocenters. The second-order valence-electron chi connectivity index (χ2n) is 6.27. The number of alkyl halides is 3. The predicted octanol–water partition coefficient (Wildman–Crippen LogP) is 3.29. The van der Waals surface area contributed by atoms with Crippen LogP contribution in [0.1, 0.15) is 28.8 Å². The lowest BCUT2D eigenvalue weighted by molar-refractivity contribution is -0.137. The summed E-state index contributed by atoms with van der Waals surface area (Å²) < 4.78 is 43.0. The van der Waals surface area contributed by atoms with Gasteiger partial charge in [-0.25, -0.2) is 0 Å². The van der Waals surface area contributed by atoms with E-state index in [-0.39, 0.29) is 23.4 Å². The summed E-state index contributed by atoms with van der Waals surface area (Å²) in [7, 11) is 0. The van der Waals surface area contributed by atoms with Crippen molar-refractivity contribution in [2.24, 2.45) is 5.92 Å². The molecule has 0 atom stereocenters. The molecule has 1 fully saturated rings. The molecular formula is C18H18F3N3O3. The fourth-order valence-corrected chi connectivity index (χ4v) is 2.92. The van der Waals surface area contributed by atoms with Gasteiger partial charge in [0.2, 0.25) is 5.91 Å². The molecule has 3 rings (SSSR count). The van der Waals surface area contributed by atoms with Crippen LogP contribution in [0.3, 0.4) is 0 Å². The first-order valence-electron chi connectivity index (χ1n) is 8.39. The van der Waals surface area contributed by atoms with Crippen molar-refractivity contribution in [3.05, 3.63) is 54.0 Å².